The molecule has 1 heterocycles. The van der Waals surface area contributed by atoms with Crippen LogP contribution in [-0.4, -0.2) is 29.8 Å². The quantitative estimate of drug-likeness (QED) is 0.708. The molecule has 0 unspecified atom stereocenters. The fraction of sp³-hybridized carbons (Fsp3) is 0.440. The molecule has 0 aliphatic carbocycles. The summed E-state index contributed by atoms with van der Waals surface area (Å²) in [5.74, 6) is -0.416. The van der Waals surface area contributed by atoms with Crippen molar-refractivity contribution in [1.82, 2.24) is 5.32 Å². The molecule has 160 valence electrons. The van der Waals surface area contributed by atoms with Crippen molar-refractivity contribution in [3.05, 3.63) is 71.3 Å². The van der Waals surface area contributed by atoms with Gasteiger partial charge in [0.2, 0.25) is 0 Å². The Morgan fingerprint density at radius 2 is 1.77 bits per heavy atom. The van der Waals surface area contributed by atoms with E-state index in [0.717, 1.165) is 11.1 Å². The van der Waals surface area contributed by atoms with Crippen molar-refractivity contribution >= 4 is 12.1 Å². The van der Waals surface area contributed by atoms with Gasteiger partial charge >= 0.3 is 12.1 Å². The minimum Gasteiger partial charge on any atom is -0.460 e. The lowest BCUT2D eigenvalue weighted by atomic mass is 9.92. The lowest BCUT2D eigenvalue weighted by Gasteiger charge is -2.26. The van der Waals surface area contributed by atoms with Gasteiger partial charge in [0, 0.05) is 6.42 Å². The fourth-order valence-corrected chi connectivity index (χ4v) is 3.69. The van der Waals surface area contributed by atoms with Crippen LogP contribution in [0.4, 0.5) is 4.79 Å². The minimum absolute atomic E-state index is 0.204. The van der Waals surface area contributed by atoms with Gasteiger partial charge in [0.1, 0.15) is 11.7 Å². The Kier molecular flexibility index (Phi) is 6.80. The Hall–Kier alpha value is -2.82. The topological polar surface area (TPSA) is 64.6 Å². The highest BCUT2D eigenvalue weighted by molar-refractivity contribution is 5.75. The van der Waals surface area contributed by atoms with Gasteiger partial charge in [-0.1, -0.05) is 60.2 Å². The van der Waals surface area contributed by atoms with Crippen molar-refractivity contribution in [1.29, 1.82) is 0 Å². The van der Waals surface area contributed by atoms with Gasteiger partial charge in [0.25, 0.3) is 0 Å². The maximum absolute atomic E-state index is 12.6. The molecule has 5 nitrogen and oxygen atoms in total. The molecule has 2 aromatic carbocycles. The highest BCUT2D eigenvalue weighted by Crippen LogP contribution is 2.28. The summed E-state index contributed by atoms with van der Waals surface area (Å²) in [5, 5.41) is 2.94. The van der Waals surface area contributed by atoms with E-state index in [1.165, 1.54) is 5.56 Å². The van der Waals surface area contributed by atoms with E-state index in [0.29, 0.717) is 19.3 Å². The average molecular weight is 410 g/mol. The van der Waals surface area contributed by atoms with E-state index >= 15 is 0 Å². The summed E-state index contributed by atoms with van der Waals surface area (Å²) in [4.78, 5) is 25.0. The highest BCUT2D eigenvalue weighted by atomic mass is 16.6. The van der Waals surface area contributed by atoms with Gasteiger partial charge in [-0.25, -0.2) is 4.79 Å². The number of hydrogen-bond donors (Lipinski definition) is 1. The normalized spacial score (nSPS) is 19.8. The Labute approximate surface area is 178 Å². The Morgan fingerprint density at radius 3 is 2.40 bits per heavy atom. The standard InChI is InChI=1S/C25H31NO4/c1-17-10-12-19(13-11-17)14-20-16-22(29-23(20)27)21(15-18-8-6-5-7-9-18)26-24(28)30-25(2,3)4/h5-13,20-22H,14-16H2,1-4H3,(H,26,28)/t20-,21+,22+/m1/s1. The second-order valence-corrected chi connectivity index (χ2v) is 9.04. The molecule has 2 aromatic rings. The van der Waals surface area contributed by atoms with E-state index in [9.17, 15) is 9.59 Å². The van der Waals surface area contributed by atoms with Gasteiger partial charge in [-0.05, 0) is 51.7 Å². The van der Waals surface area contributed by atoms with Gasteiger partial charge < -0.3 is 14.8 Å². The smallest absolute Gasteiger partial charge is 0.408 e. The van der Waals surface area contributed by atoms with Crippen molar-refractivity contribution in [3.63, 3.8) is 0 Å². The number of esters is 1. The molecule has 30 heavy (non-hydrogen) atoms. The molecule has 1 aliphatic rings. The van der Waals surface area contributed by atoms with Gasteiger partial charge in [0.15, 0.2) is 0 Å². The number of alkyl carbamates (subject to hydrolysis) is 1. The number of benzene rings is 2. The first-order valence-corrected chi connectivity index (χ1v) is 10.5. The number of rotatable bonds is 6. The zero-order valence-corrected chi connectivity index (χ0v) is 18.2. The van der Waals surface area contributed by atoms with Crippen LogP contribution in [0, 0.1) is 12.8 Å². The van der Waals surface area contributed by atoms with Crippen LogP contribution in [0.1, 0.15) is 43.9 Å². The molecule has 3 atom stereocenters. The number of carbonyl (C=O) groups excluding carboxylic acids is 2. The summed E-state index contributed by atoms with van der Waals surface area (Å²) in [6.07, 6.45) is 0.886. The van der Waals surface area contributed by atoms with Crippen molar-refractivity contribution in [2.24, 2.45) is 5.92 Å². The maximum Gasteiger partial charge on any atom is 0.408 e. The van der Waals surface area contributed by atoms with Crippen molar-refractivity contribution in [2.75, 3.05) is 0 Å². The molecule has 1 N–H and O–H groups in total. The predicted molar refractivity (Wildman–Crippen MR) is 116 cm³/mol. The fourth-order valence-electron chi connectivity index (χ4n) is 3.69. The molecule has 1 amide bonds. The summed E-state index contributed by atoms with van der Waals surface area (Å²) in [5.41, 5.74) is 2.77. The maximum atomic E-state index is 12.6. The Bertz CT molecular complexity index is 855. The van der Waals surface area contributed by atoms with E-state index in [1.807, 2.05) is 58.0 Å². The summed E-state index contributed by atoms with van der Waals surface area (Å²) >= 11 is 0. The van der Waals surface area contributed by atoms with Crippen LogP contribution in [0.15, 0.2) is 54.6 Å². The second kappa shape index (κ2) is 9.33. The largest absolute Gasteiger partial charge is 0.460 e. The number of amides is 1. The summed E-state index contributed by atoms with van der Waals surface area (Å²) in [6, 6.07) is 17.7. The Balaban J connectivity index is 1.71. The van der Waals surface area contributed by atoms with Gasteiger partial charge in [-0.15, -0.1) is 0 Å². The molecule has 1 saturated heterocycles. The van der Waals surface area contributed by atoms with Crippen LogP contribution in [0.2, 0.25) is 0 Å². The van der Waals surface area contributed by atoms with Gasteiger partial charge in [-0.2, -0.15) is 0 Å². The molecule has 0 bridgehead atoms. The van der Waals surface area contributed by atoms with Crippen LogP contribution in [0.3, 0.4) is 0 Å². The third-order valence-electron chi connectivity index (χ3n) is 5.17. The molecule has 1 aliphatic heterocycles. The van der Waals surface area contributed by atoms with E-state index < -0.39 is 11.7 Å². The molecule has 0 spiro atoms. The van der Waals surface area contributed by atoms with Crippen LogP contribution in [0.25, 0.3) is 0 Å². The molecule has 0 radical (unpaired) electrons. The van der Waals surface area contributed by atoms with E-state index in [-0.39, 0.29) is 24.0 Å². The summed E-state index contributed by atoms with van der Waals surface area (Å²) in [6.45, 7) is 7.52. The summed E-state index contributed by atoms with van der Waals surface area (Å²) in [7, 11) is 0. The van der Waals surface area contributed by atoms with Crippen LogP contribution >= 0.6 is 0 Å². The zero-order valence-electron chi connectivity index (χ0n) is 18.2. The zero-order chi connectivity index (χ0) is 21.7. The first-order valence-electron chi connectivity index (χ1n) is 10.5. The summed E-state index contributed by atoms with van der Waals surface area (Å²) < 4.78 is 11.2. The second-order valence-electron chi connectivity index (χ2n) is 9.04. The third-order valence-corrected chi connectivity index (χ3v) is 5.17. The number of hydrogen-bond acceptors (Lipinski definition) is 4. The van der Waals surface area contributed by atoms with Crippen LogP contribution < -0.4 is 5.32 Å². The Morgan fingerprint density at radius 1 is 1.10 bits per heavy atom. The monoisotopic (exact) mass is 409 g/mol. The van der Waals surface area contributed by atoms with E-state index in [1.54, 1.807) is 0 Å². The number of nitrogens with one attached hydrogen (secondary N) is 1. The number of ether oxygens (including phenoxy) is 2. The highest BCUT2D eigenvalue weighted by Gasteiger charge is 2.40. The van der Waals surface area contributed by atoms with Gasteiger partial charge in [0.05, 0.1) is 12.0 Å². The van der Waals surface area contributed by atoms with Crippen molar-refractivity contribution < 1.29 is 19.1 Å². The third kappa shape index (κ3) is 6.34. The number of carbonyl (C=O) groups is 2. The number of aryl methyl sites for hydroxylation is 1. The molecule has 0 aromatic heterocycles. The predicted octanol–water partition coefficient (Wildman–Crippen LogP) is 4.61. The lowest BCUT2D eigenvalue weighted by Crippen LogP contribution is -2.46. The molecule has 0 saturated carbocycles. The van der Waals surface area contributed by atoms with E-state index in [2.05, 4.69) is 29.6 Å². The van der Waals surface area contributed by atoms with Crippen LogP contribution in [0.5, 0.6) is 0 Å². The lowest BCUT2D eigenvalue weighted by molar-refractivity contribution is -0.145. The molecular weight excluding hydrogens is 378 g/mol. The van der Waals surface area contributed by atoms with Crippen molar-refractivity contribution in [3.8, 4) is 0 Å². The first-order chi connectivity index (χ1) is 14.2. The first kappa shape index (κ1) is 21.9. The minimum atomic E-state index is -0.596. The average Bonchev–Trinajstić information content (AvgIpc) is 3.03. The SMILES string of the molecule is Cc1ccc(C[C@@H]2C[C@@H]([C@H](Cc3ccccc3)NC(=O)OC(C)(C)C)OC2=O)cc1. The van der Waals surface area contributed by atoms with Crippen LogP contribution in [-0.2, 0) is 27.1 Å². The molecule has 3 rings (SSSR count). The van der Waals surface area contributed by atoms with Crippen molar-refractivity contribution in [2.45, 2.75) is 64.7 Å². The number of cyclic esters (lactones) is 1. The molecule has 5 heteroatoms. The van der Waals surface area contributed by atoms with Gasteiger partial charge in [-0.3, -0.25) is 4.79 Å². The molecular formula is C25H31NO4. The molecule has 1 fully saturated rings. The van der Waals surface area contributed by atoms with E-state index in [4.69, 9.17) is 9.47 Å².